The molecule has 4 rings (SSSR count). The number of aryl methyl sites for hydroxylation is 1. The SMILES string of the molecule is Cc1ccc(-c2ccc(CO)o2)cc1NC(=O)c1ccc(N2CCCC2)c([N+](=O)[O-])c1. The summed E-state index contributed by atoms with van der Waals surface area (Å²) in [5.41, 5.74) is 2.88. The summed E-state index contributed by atoms with van der Waals surface area (Å²) in [5.74, 6) is 0.600. The number of furan rings is 1. The van der Waals surface area contributed by atoms with Crippen molar-refractivity contribution in [2.24, 2.45) is 0 Å². The standard InChI is InChI=1S/C23H23N3O5/c1-15-4-5-16(22-9-7-18(14-27)31-22)12-19(15)24-23(28)17-6-8-20(21(13-17)26(29)30)25-10-2-3-11-25/h4-9,12-13,27H,2-3,10-11,14H2,1H3,(H,24,28). The summed E-state index contributed by atoms with van der Waals surface area (Å²) in [4.78, 5) is 26.0. The summed E-state index contributed by atoms with van der Waals surface area (Å²) in [5, 5.41) is 23.6. The predicted octanol–water partition coefficient (Wildman–Crippen LogP) is 4.51. The van der Waals surface area contributed by atoms with Gasteiger partial charge < -0.3 is 19.7 Å². The minimum atomic E-state index is -0.439. The normalized spacial score (nSPS) is 13.4. The van der Waals surface area contributed by atoms with Gasteiger partial charge in [-0.1, -0.05) is 12.1 Å². The number of benzene rings is 2. The highest BCUT2D eigenvalue weighted by Crippen LogP contribution is 2.32. The van der Waals surface area contributed by atoms with E-state index in [2.05, 4.69) is 5.32 Å². The molecule has 1 fully saturated rings. The van der Waals surface area contributed by atoms with Crippen molar-refractivity contribution < 1.29 is 19.2 Å². The number of hydrogen-bond donors (Lipinski definition) is 2. The van der Waals surface area contributed by atoms with Crippen molar-refractivity contribution >= 4 is 23.0 Å². The lowest BCUT2D eigenvalue weighted by molar-refractivity contribution is -0.384. The highest BCUT2D eigenvalue weighted by molar-refractivity contribution is 6.05. The average Bonchev–Trinajstić information content (AvgIpc) is 3.47. The molecule has 0 bridgehead atoms. The fourth-order valence-corrected chi connectivity index (χ4v) is 3.76. The van der Waals surface area contributed by atoms with E-state index in [4.69, 9.17) is 4.42 Å². The zero-order chi connectivity index (χ0) is 22.0. The van der Waals surface area contributed by atoms with Gasteiger partial charge in [-0.15, -0.1) is 0 Å². The van der Waals surface area contributed by atoms with Gasteiger partial charge in [0.1, 0.15) is 23.8 Å². The van der Waals surface area contributed by atoms with Crippen LogP contribution >= 0.6 is 0 Å². The molecule has 8 nitrogen and oxygen atoms in total. The second-order valence-corrected chi connectivity index (χ2v) is 7.56. The largest absolute Gasteiger partial charge is 0.459 e. The number of hydrogen-bond acceptors (Lipinski definition) is 6. The molecule has 0 radical (unpaired) electrons. The first-order valence-electron chi connectivity index (χ1n) is 10.1. The van der Waals surface area contributed by atoms with E-state index in [1.165, 1.54) is 6.07 Å². The molecule has 1 aliphatic heterocycles. The Balaban J connectivity index is 1.60. The first-order chi connectivity index (χ1) is 15.0. The number of anilines is 2. The van der Waals surface area contributed by atoms with Gasteiger partial charge in [-0.25, -0.2) is 0 Å². The molecule has 31 heavy (non-hydrogen) atoms. The monoisotopic (exact) mass is 421 g/mol. The number of amides is 1. The lowest BCUT2D eigenvalue weighted by atomic mass is 10.1. The number of nitro benzene ring substituents is 1. The molecular weight excluding hydrogens is 398 g/mol. The Morgan fingerprint density at radius 2 is 1.94 bits per heavy atom. The van der Waals surface area contributed by atoms with E-state index in [0.29, 0.717) is 22.9 Å². The summed E-state index contributed by atoms with van der Waals surface area (Å²) >= 11 is 0. The zero-order valence-corrected chi connectivity index (χ0v) is 17.1. The molecule has 2 N–H and O–H groups in total. The Bertz CT molecular complexity index is 1130. The number of rotatable bonds is 6. The van der Waals surface area contributed by atoms with E-state index >= 15 is 0 Å². The quantitative estimate of drug-likeness (QED) is 0.448. The van der Waals surface area contributed by atoms with Crippen LogP contribution in [0.15, 0.2) is 52.9 Å². The molecule has 0 saturated carbocycles. The smallest absolute Gasteiger partial charge is 0.293 e. The molecule has 2 aromatic carbocycles. The topological polar surface area (TPSA) is 109 Å². The lowest BCUT2D eigenvalue weighted by Crippen LogP contribution is -2.20. The van der Waals surface area contributed by atoms with E-state index in [0.717, 1.165) is 37.1 Å². The Kier molecular flexibility index (Phi) is 5.73. The van der Waals surface area contributed by atoms with E-state index in [-0.39, 0.29) is 17.9 Å². The van der Waals surface area contributed by atoms with Crippen molar-refractivity contribution in [2.75, 3.05) is 23.3 Å². The van der Waals surface area contributed by atoms with Crippen molar-refractivity contribution in [2.45, 2.75) is 26.4 Å². The Morgan fingerprint density at radius 1 is 1.16 bits per heavy atom. The van der Waals surface area contributed by atoms with Crippen LogP contribution in [-0.2, 0) is 6.61 Å². The minimum Gasteiger partial charge on any atom is -0.459 e. The van der Waals surface area contributed by atoms with Gasteiger partial charge in [0, 0.05) is 36.0 Å². The number of nitro groups is 1. The fourth-order valence-electron chi connectivity index (χ4n) is 3.76. The van der Waals surface area contributed by atoms with Crippen LogP contribution in [0.25, 0.3) is 11.3 Å². The second-order valence-electron chi connectivity index (χ2n) is 7.56. The molecule has 1 aliphatic rings. The summed E-state index contributed by atoms with van der Waals surface area (Å²) in [6, 6.07) is 13.5. The molecule has 1 amide bonds. The molecule has 0 atom stereocenters. The van der Waals surface area contributed by atoms with Crippen molar-refractivity contribution in [3.63, 3.8) is 0 Å². The Hall–Kier alpha value is -3.65. The maximum atomic E-state index is 12.9. The molecule has 160 valence electrons. The van der Waals surface area contributed by atoms with Gasteiger partial charge in [0.2, 0.25) is 0 Å². The van der Waals surface area contributed by atoms with Gasteiger partial charge >= 0.3 is 0 Å². The average molecular weight is 421 g/mol. The molecule has 3 aromatic rings. The number of aliphatic hydroxyl groups excluding tert-OH is 1. The van der Waals surface area contributed by atoms with Crippen LogP contribution in [0.1, 0.15) is 34.5 Å². The molecule has 0 unspecified atom stereocenters. The van der Waals surface area contributed by atoms with Crippen LogP contribution in [0.4, 0.5) is 17.1 Å². The van der Waals surface area contributed by atoms with Crippen molar-refractivity contribution in [3.8, 4) is 11.3 Å². The van der Waals surface area contributed by atoms with Gasteiger partial charge in [-0.2, -0.15) is 0 Å². The van der Waals surface area contributed by atoms with E-state index < -0.39 is 10.8 Å². The Morgan fingerprint density at radius 3 is 2.61 bits per heavy atom. The second kappa shape index (κ2) is 8.61. The van der Waals surface area contributed by atoms with E-state index in [9.17, 15) is 20.0 Å². The first-order valence-corrected chi connectivity index (χ1v) is 10.1. The maximum absolute atomic E-state index is 12.9. The highest BCUT2D eigenvalue weighted by atomic mass is 16.6. The number of nitrogens with zero attached hydrogens (tertiary/aromatic N) is 2. The number of carbonyl (C=O) groups is 1. The van der Waals surface area contributed by atoms with E-state index in [1.807, 2.05) is 24.0 Å². The molecule has 1 saturated heterocycles. The Labute approximate surface area is 179 Å². The molecule has 2 heterocycles. The molecule has 0 aliphatic carbocycles. The van der Waals surface area contributed by atoms with Crippen molar-refractivity contribution in [3.05, 3.63) is 75.5 Å². The van der Waals surface area contributed by atoms with Crippen LogP contribution in [0.3, 0.4) is 0 Å². The summed E-state index contributed by atoms with van der Waals surface area (Å²) < 4.78 is 5.56. The first kappa shape index (κ1) is 20.6. The van der Waals surface area contributed by atoms with Crippen LogP contribution in [0.5, 0.6) is 0 Å². The lowest BCUT2D eigenvalue weighted by Gasteiger charge is -2.18. The summed E-state index contributed by atoms with van der Waals surface area (Å²) in [6.07, 6.45) is 2.01. The maximum Gasteiger partial charge on any atom is 0.293 e. The van der Waals surface area contributed by atoms with Crippen LogP contribution in [0.2, 0.25) is 0 Å². The minimum absolute atomic E-state index is 0.0628. The van der Waals surface area contributed by atoms with Crippen LogP contribution in [0, 0.1) is 17.0 Å². The van der Waals surface area contributed by atoms with Gasteiger partial charge in [0.15, 0.2) is 0 Å². The molecule has 0 spiro atoms. The van der Waals surface area contributed by atoms with Gasteiger partial charge in [-0.3, -0.25) is 14.9 Å². The predicted molar refractivity (Wildman–Crippen MR) is 117 cm³/mol. The third-order valence-electron chi connectivity index (χ3n) is 5.47. The number of aliphatic hydroxyl groups is 1. The van der Waals surface area contributed by atoms with E-state index in [1.54, 1.807) is 30.3 Å². The fraction of sp³-hybridized carbons (Fsp3) is 0.261. The zero-order valence-electron chi connectivity index (χ0n) is 17.1. The van der Waals surface area contributed by atoms with Crippen LogP contribution < -0.4 is 10.2 Å². The third kappa shape index (κ3) is 4.29. The third-order valence-corrected chi connectivity index (χ3v) is 5.47. The number of nitrogens with one attached hydrogen (secondary N) is 1. The summed E-state index contributed by atoms with van der Waals surface area (Å²) in [6.45, 7) is 3.23. The molecular formula is C23H23N3O5. The van der Waals surface area contributed by atoms with Crippen LogP contribution in [-0.4, -0.2) is 29.0 Å². The molecule has 1 aromatic heterocycles. The summed E-state index contributed by atoms with van der Waals surface area (Å²) in [7, 11) is 0. The number of carbonyl (C=O) groups excluding carboxylic acids is 1. The van der Waals surface area contributed by atoms with Gasteiger partial charge in [-0.05, 0) is 55.7 Å². The molecule has 8 heteroatoms. The highest BCUT2D eigenvalue weighted by Gasteiger charge is 2.24. The van der Waals surface area contributed by atoms with Gasteiger partial charge in [0.05, 0.1) is 4.92 Å². The van der Waals surface area contributed by atoms with Crippen molar-refractivity contribution in [1.82, 2.24) is 0 Å². The van der Waals surface area contributed by atoms with Crippen molar-refractivity contribution in [1.29, 1.82) is 0 Å². The van der Waals surface area contributed by atoms with Gasteiger partial charge in [0.25, 0.3) is 11.6 Å².